The van der Waals surface area contributed by atoms with Crippen molar-refractivity contribution in [3.05, 3.63) is 84.9 Å². The van der Waals surface area contributed by atoms with E-state index >= 15 is 0 Å². The van der Waals surface area contributed by atoms with E-state index in [1.54, 1.807) is 12.1 Å². The largest absolute Gasteiger partial charge is 0.364 e. The smallest absolute Gasteiger partial charge is 0.304 e. The Bertz CT molecular complexity index is 1110. The second kappa shape index (κ2) is 7.67. The highest BCUT2D eigenvalue weighted by molar-refractivity contribution is 6.04. The number of hydrogen-bond acceptors (Lipinski definition) is 2. The van der Waals surface area contributed by atoms with Gasteiger partial charge in [-0.3, -0.25) is 0 Å². The number of amides is 4. The van der Waals surface area contributed by atoms with E-state index in [0.717, 1.165) is 21.5 Å². The number of nitrogens with one attached hydrogen (secondary N) is 2. The molecule has 0 heterocycles. The summed E-state index contributed by atoms with van der Waals surface area (Å²) in [7, 11) is 0. The minimum Gasteiger partial charge on any atom is -0.304 e. The molecule has 0 saturated carbocycles. The van der Waals surface area contributed by atoms with Crippen molar-refractivity contribution in [2.24, 2.45) is 10.2 Å². The second-order valence-corrected chi connectivity index (χ2v) is 6.11. The van der Waals surface area contributed by atoms with Gasteiger partial charge in [-0.2, -0.15) is 0 Å². The number of azo groups is 1. The maximum absolute atomic E-state index is 12.1. The van der Waals surface area contributed by atoms with Gasteiger partial charge < -0.3 is 10.6 Å². The Morgan fingerprint density at radius 3 is 1.39 bits per heavy atom. The molecule has 0 aliphatic heterocycles. The van der Waals surface area contributed by atoms with Gasteiger partial charge in [-0.1, -0.05) is 83.0 Å². The van der Waals surface area contributed by atoms with Crippen molar-refractivity contribution in [1.82, 2.24) is 0 Å². The summed E-state index contributed by atoms with van der Waals surface area (Å²) in [5.74, 6) is 0. The first-order valence-electron chi connectivity index (χ1n) is 8.70. The van der Waals surface area contributed by atoms with Gasteiger partial charge in [0.2, 0.25) is 0 Å². The van der Waals surface area contributed by atoms with Crippen LogP contribution in [0.3, 0.4) is 0 Å². The van der Waals surface area contributed by atoms with Gasteiger partial charge in [-0.15, -0.1) is 0 Å². The van der Waals surface area contributed by atoms with E-state index in [-0.39, 0.29) is 0 Å². The summed E-state index contributed by atoms with van der Waals surface area (Å²) in [6, 6.07) is 25.0. The summed E-state index contributed by atoms with van der Waals surface area (Å²) in [6.07, 6.45) is 0. The van der Waals surface area contributed by atoms with Crippen molar-refractivity contribution >= 4 is 45.0 Å². The molecule has 0 aliphatic carbocycles. The summed E-state index contributed by atoms with van der Waals surface area (Å²) >= 11 is 0. The van der Waals surface area contributed by atoms with Crippen LogP contribution in [-0.4, -0.2) is 12.1 Å². The van der Waals surface area contributed by atoms with Gasteiger partial charge in [0.05, 0.1) is 11.4 Å². The zero-order valence-electron chi connectivity index (χ0n) is 14.8. The zero-order chi connectivity index (χ0) is 19.3. The number of fused-ring (bicyclic) bond motifs is 2. The van der Waals surface area contributed by atoms with Crippen LogP contribution in [0.2, 0.25) is 0 Å². The number of carbonyl (C=O) groups is 2. The Morgan fingerprint density at radius 1 is 0.536 bits per heavy atom. The van der Waals surface area contributed by atoms with Crippen molar-refractivity contribution in [1.29, 1.82) is 0 Å². The molecule has 0 bridgehead atoms. The zero-order valence-corrected chi connectivity index (χ0v) is 14.8. The molecule has 4 rings (SSSR count). The second-order valence-electron chi connectivity index (χ2n) is 6.11. The first-order valence-corrected chi connectivity index (χ1v) is 8.70. The highest BCUT2D eigenvalue weighted by Crippen LogP contribution is 2.24. The van der Waals surface area contributed by atoms with Gasteiger partial charge in [0.1, 0.15) is 0 Å². The number of nitrogens with zero attached hydrogens (tertiary/aromatic N) is 2. The Balaban J connectivity index is 1.46. The van der Waals surface area contributed by atoms with Crippen LogP contribution in [0.5, 0.6) is 0 Å². The van der Waals surface area contributed by atoms with Gasteiger partial charge in [0.25, 0.3) is 0 Å². The van der Waals surface area contributed by atoms with E-state index in [4.69, 9.17) is 0 Å². The number of rotatable bonds is 2. The molecule has 6 heteroatoms. The molecule has 0 aliphatic rings. The minimum absolute atomic E-state index is 0.608. The third kappa shape index (κ3) is 3.71. The third-order valence-electron chi connectivity index (χ3n) is 4.29. The summed E-state index contributed by atoms with van der Waals surface area (Å²) in [4.78, 5) is 24.1. The van der Waals surface area contributed by atoms with Gasteiger partial charge in [-0.05, 0) is 22.9 Å². The molecule has 0 saturated heterocycles. The third-order valence-corrected chi connectivity index (χ3v) is 4.29. The summed E-state index contributed by atoms with van der Waals surface area (Å²) in [6.45, 7) is 0. The predicted molar refractivity (Wildman–Crippen MR) is 111 cm³/mol. The Kier molecular flexibility index (Phi) is 4.76. The standard InChI is InChI=1S/C22H16N4O2/c27-21(23-19-13-5-9-15-7-1-3-11-17(15)19)25-26-22(28)24-20-14-6-10-16-8-2-4-12-18(16)20/h1-14H,(H,23,27)(H,24,28). The van der Waals surface area contributed by atoms with Crippen LogP contribution in [0.1, 0.15) is 0 Å². The lowest BCUT2D eigenvalue weighted by molar-refractivity contribution is 0.252. The lowest BCUT2D eigenvalue weighted by atomic mass is 10.1. The number of benzene rings is 4. The summed E-state index contributed by atoms with van der Waals surface area (Å²) < 4.78 is 0. The molecule has 0 aromatic heterocycles. The molecule has 28 heavy (non-hydrogen) atoms. The molecule has 0 radical (unpaired) electrons. The van der Waals surface area contributed by atoms with Crippen LogP contribution in [-0.2, 0) is 0 Å². The van der Waals surface area contributed by atoms with Gasteiger partial charge >= 0.3 is 12.1 Å². The molecule has 136 valence electrons. The van der Waals surface area contributed by atoms with E-state index in [0.29, 0.717) is 11.4 Å². The monoisotopic (exact) mass is 368 g/mol. The first-order chi connectivity index (χ1) is 13.7. The number of carbonyl (C=O) groups excluding carboxylic acids is 2. The highest BCUT2D eigenvalue weighted by Gasteiger charge is 2.07. The Labute approximate surface area is 160 Å². The maximum atomic E-state index is 12.1. The van der Waals surface area contributed by atoms with Gasteiger partial charge in [0, 0.05) is 10.8 Å². The number of urea groups is 2. The van der Waals surface area contributed by atoms with E-state index in [9.17, 15) is 9.59 Å². The van der Waals surface area contributed by atoms with Crippen LogP contribution in [0, 0.1) is 0 Å². The number of hydrogen-bond donors (Lipinski definition) is 2. The van der Waals surface area contributed by atoms with Crippen LogP contribution in [0.25, 0.3) is 21.5 Å². The normalized spacial score (nSPS) is 11.0. The molecule has 6 nitrogen and oxygen atoms in total. The summed E-state index contributed by atoms with van der Waals surface area (Å²) in [5, 5.41) is 16.0. The SMILES string of the molecule is O=C(N=NC(=O)Nc1cccc2ccccc12)Nc1cccc2ccccc12. The number of anilines is 2. The molecule has 4 aromatic carbocycles. The van der Waals surface area contributed by atoms with E-state index < -0.39 is 12.1 Å². The maximum Gasteiger partial charge on any atom is 0.364 e. The van der Waals surface area contributed by atoms with Crippen molar-refractivity contribution in [2.75, 3.05) is 10.6 Å². The fourth-order valence-electron chi connectivity index (χ4n) is 3.04. The van der Waals surface area contributed by atoms with Gasteiger partial charge in [-0.25, -0.2) is 9.59 Å². The Hall–Kier alpha value is -4.06. The van der Waals surface area contributed by atoms with Crippen LogP contribution >= 0.6 is 0 Å². The fourth-order valence-corrected chi connectivity index (χ4v) is 3.04. The summed E-state index contributed by atoms with van der Waals surface area (Å²) in [5.41, 5.74) is 1.22. The Morgan fingerprint density at radius 2 is 0.929 bits per heavy atom. The van der Waals surface area contributed by atoms with Crippen molar-refractivity contribution in [3.63, 3.8) is 0 Å². The first kappa shape index (κ1) is 17.4. The van der Waals surface area contributed by atoms with E-state index in [2.05, 4.69) is 20.9 Å². The molecule has 2 N–H and O–H groups in total. The van der Waals surface area contributed by atoms with Crippen molar-refractivity contribution < 1.29 is 9.59 Å². The van der Waals surface area contributed by atoms with Gasteiger partial charge in [0.15, 0.2) is 0 Å². The lowest BCUT2D eigenvalue weighted by Crippen LogP contribution is -2.09. The van der Waals surface area contributed by atoms with E-state index in [1.165, 1.54) is 0 Å². The molecule has 0 fully saturated rings. The quantitative estimate of drug-likeness (QED) is 0.412. The van der Waals surface area contributed by atoms with E-state index in [1.807, 2.05) is 72.8 Å². The molecule has 0 atom stereocenters. The molecule has 0 unspecified atom stereocenters. The van der Waals surface area contributed by atoms with Crippen LogP contribution < -0.4 is 10.6 Å². The average molecular weight is 368 g/mol. The van der Waals surface area contributed by atoms with Crippen LogP contribution in [0.15, 0.2) is 95.2 Å². The molecule has 4 aromatic rings. The lowest BCUT2D eigenvalue weighted by Gasteiger charge is -2.06. The molecule has 0 spiro atoms. The molecular formula is C22H16N4O2. The fraction of sp³-hybridized carbons (Fsp3) is 0. The predicted octanol–water partition coefficient (Wildman–Crippen LogP) is 6.21. The minimum atomic E-state index is -0.718. The molecular weight excluding hydrogens is 352 g/mol. The van der Waals surface area contributed by atoms with Crippen molar-refractivity contribution in [3.8, 4) is 0 Å². The molecule has 4 amide bonds. The van der Waals surface area contributed by atoms with Crippen LogP contribution in [0.4, 0.5) is 21.0 Å². The topological polar surface area (TPSA) is 82.9 Å². The highest BCUT2D eigenvalue weighted by atomic mass is 16.2. The average Bonchev–Trinajstić information content (AvgIpc) is 2.73. The van der Waals surface area contributed by atoms with Crippen molar-refractivity contribution in [2.45, 2.75) is 0 Å².